The highest BCUT2D eigenvalue weighted by Crippen LogP contribution is 3.05. The van der Waals surface area contributed by atoms with Gasteiger partial charge in [0, 0.05) is 0 Å². The summed E-state index contributed by atoms with van der Waals surface area (Å²) in [4.78, 5) is 0. The molecule has 2 unspecified atom stereocenters. The maximum absolute atomic E-state index is 2.41. The van der Waals surface area contributed by atoms with Crippen LogP contribution >= 0.6 is 0 Å². The zero-order chi connectivity index (χ0) is 7.15. The van der Waals surface area contributed by atoms with Crippen LogP contribution in [0.3, 0.4) is 0 Å². The number of hydrogen-bond donors (Lipinski definition) is 0. The fourth-order valence-corrected chi connectivity index (χ4v) is 4.16. The van der Waals surface area contributed by atoms with E-state index >= 15 is 0 Å². The first-order valence-electron chi connectivity index (χ1n) is 4.70. The fourth-order valence-electron chi connectivity index (χ4n) is 4.16. The van der Waals surface area contributed by atoms with Crippen LogP contribution in [0.4, 0.5) is 0 Å². The van der Waals surface area contributed by atoms with Gasteiger partial charge in [0.1, 0.15) is 0 Å². The number of rotatable bonds is 2. The average molecular weight is 136 g/mol. The molecule has 0 heterocycles. The summed E-state index contributed by atoms with van der Waals surface area (Å²) in [6.07, 6.45) is 3.06. The lowest BCUT2D eigenvalue weighted by molar-refractivity contribution is -0.0367. The van der Waals surface area contributed by atoms with Gasteiger partial charge in [0.15, 0.2) is 0 Å². The monoisotopic (exact) mass is 136 g/mol. The highest BCUT2D eigenvalue weighted by Gasteiger charge is 3.01. The Morgan fingerprint density at radius 2 is 2.00 bits per heavy atom. The Labute approximate surface area is 63.0 Å². The summed E-state index contributed by atoms with van der Waals surface area (Å²) < 4.78 is 0. The highest BCUT2D eigenvalue weighted by atomic mass is 15.0. The van der Waals surface area contributed by atoms with E-state index in [1.165, 1.54) is 18.3 Å². The minimum absolute atomic E-state index is 0.913. The highest BCUT2D eigenvalue weighted by molar-refractivity contribution is 5.47. The molecule has 4 aliphatic carbocycles. The molecular formula is C10H16. The van der Waals surface area contributed by atoms with E-state index in [2.05, 4.69) is 20.8 Å². The minimum Gasteiger partial charge on any atom is -0.0648 e. The van der Waals surface area contributed by atoms with E-state index in [0.717, 1.165) is 16.7 Å². The number of hydrogen-bond acceptors (Lipinski definition) is 0. The largest absolute Gasteiger partial charge is 0.0648 e. The van der Waals surface area contributed by atoms with Gasteiger partial charge in [0.25, 0.3) is 0 Å². The van der Waals surface area contributed by atoms with Gasteiger partial charge in [-0.25, -0.2) is 0 Å². The van der Waals surface area contributed by atoms with Crippen LogP contribution in [0.15, 0.2) is 0 Å². The maximum atomic E-state index is 2.41. The topological polar surface area (TPSA) is 0 Å². The molecule has 2 atom stereocenters. The second-order valence-corrected chi connectivity index (χ2v) is 4.99. The molecule has 10 heavy (non-hydrogen) atoms. The Balaban J connectivity index is 1.80. The molecule has 0 heteroatoms. The summed E-state index contributed by atoms with van der Waals surface area (Å²) >= 11 is 0. The molecule has 0 radical (unpaired) electrons. The summed E-state index contributed by atoms with van der Waals surface area (Å²) in [7, 11) is 0. The first kappa shape index (κ1) is 5.62. The zero-order valence-corrected chi connectivity index (χ0v) is 7.15. The van der Waals surface area contributed by atoms with Gasteiger partial charge in [-0.3, -0.25) is 0 Å². The van der Waals surface area contributed by atoms with E-state index in [1.807, 2.05) is 0 Å². The summed E-state index contributed by atoms with van der Waals surface area (Å²) in [6.45, 7) is 7.19. The van der Waals surface area contributed by atoms with Gasteiger partial charge in [0.2, 0.25) is 0 Å². The SMILES string of the molecule is CCC12CC3(C(C)C)C1C23. The van der Waals surface area contributed by atoms with Crippen molar-refractivity contribution in [1.82, 2.24) is 0 Å². The van der Waals surface area contributed by atoms with Crippen molar-refractivity contribution in [3.05, 3.63) is 0 Å². The molecule has 0 saturated heterocycles. The van der Waals surface area contributed by atoms with Gasteiger partial charge >= 0.3 is 0 Å². The Kier molecular flexibility index (Phi) is 0.612. The third kappa shape index (κ3) is 0.258. The lowest BCUT2D eigenvalue weighted by Crippen LogP contribution is -2.45. The molecule has 0 N–H and O–H groups in total. The van der Waals surface area contributed by atoms with Crippen LogP contribution in [0.2, 0.25) is 0 Å². The molecule has 2 bridgehead atoms. The first-order chi connectivity index (χ1) is 4.70. The van der Waals surface area contributed by atoms with Crippen LogP contribution in [-0.2, 0) is 0 Å². The van der Waals surface area contributed by atoms with E-state index in [0.29, 0.717) is 0 Å². The van der Waals surface area contributed by atoms with Crippen LogP contribution in [0.25, 0.3) is 0 Å². The van der Waals surface area contributed by atoms with Crippen LogP contribution in [0.1, 0.15) is 33.6 Å². The Morgan fingerprint density at radius 1 is 1.40 bits per heavy atom. The van der Waals surface area contributed by atoms with E-state index < -0.39 is 0 Å². The van der Waals surface area contributed by atoms with Crippen LogP contribution in [0.5, 0.6) is 0 Å². The van der Waals surface area contributed by atoms with Gasteiger partial charge in [-0.15, -0.1) is 0 Å². The molecule has 0 amide bonds. The molecule has 4 fully saturated rings. The summed E-state index contributed by atoms with van der Waals surface area (Å²) in [5.74, 6) is 3.41. The maximum Gasteiger partial charge on any atom is -0.0195 e. The van der Waals surface area contributed by atoms with Crippen molar-refractivity contribution in [2.45, 2.75) is 33.6 Å². The average Bonchev–Trinajstić information content (AvgIpc) is 2.53. The molecule has 0 nitrogen and oxygen atoms in total. The second kappa shape index (κ2) is 1.09. The van der Waals surface area contributed by atoms with E-state index in [-0.39, 0.29) is 0 Å². The smallest absolute Gasteiger partial charge is 0.0195 e. The summed E-state index contributed by atoms with van der Waals surface area (Å²) in [6, 6.07) is 0. The van der Waals surface area contributed by atoms with Crippen molar-refractivity contribution in [3.8, 4) is 0 Å². The van der Waals surface area contributed by atoms with E-state index in [1.54, 1.807) is 6.42 Å². The summed E-state index contributed by atoms with van der Waals surface area (Å²) in [5, 5.41) is 0. The van der Waals surface area contributed by atoms with E-state index in [4.69, 9.17) is 0 Å². The fraction of sp³-hybridized carbons (Fsp3) is 1.00. The van der Waals surface area contributed by atoms with Crippen molar-refractivity contribution in [2.75, 3.05) is 0 Å². The van der Waals surface area contributed by atoms with Gasteiger partial charge in [-0.1, -0.05) is 20.8 Å². The van der Waals surface area contributed by atoms with Crippen LogP contribution in [-0.4, -0.2) is 0 Å². The Bertz CT molecular complexity index is 192. The molecule has 0 aliphatic heterocycles. The standard InChI is InChI=1S/C10H16/c1-4-9-5-10(6(2)3)7(9)8(9)10/h6-8H,4-5H2,1-3H3. The third-order valence-electron chi connectivity index (χ3n) is 4.88. The quantitative estimate of drug-likeness (QED) is 0.547. The minimum atomic E-state index is 0.913. The van der Waals surface area contributed by atoms with Crippen molar-refractivity contribution in [1.29, 1.82) is 0 Å². The third-order valence-corrected chi connectivity index (χ3v) is 4.88. The van der Waals surface area contributed by atoms with Gasteiger partial charge in [-0.2, -0.15) is 0 Å². The molecule has 56 valence electrons. The molecule has 0 spiro atoms. The van der Waals surface area contributed by atoms with Gasteiger partial charge < -0.3 is 0 Å². The van der Waals surface area contributed by atoms with Crippen molar-refractivity contribution < 1.29 is 0 Å². The molecule has 0 aromatic carbocycles. The molecular weight excluding hydrogens is 120 g/mol. The van der Waals surface area contributed by atoms with Gasteiger partial charge in [-0.05, 0) is 41.4 Å². The van der Waals surface area contributed by atoms with Crippen LogP contribution in [0, 0.1) is 28.6 Å². The predicted molar refractivity (Wildman–Crippen MR) is 41.6 cm³/mol. The first-order valence-corrected chi connectivity index (χ1v) is 4.70. The predicted octanol–water partition coefficient (Wildman–Crippen LogP) is 2.69. The van der Waals surface area contributed by atoms with Crippen molar-refractivity contribution in [3.63, 3.8) is 0 Å². The van der Waals surface area contributed by atoms with Gasteiger partial charge in [0.05, 0.1) is 0 Å². The molecule has 0 aromatic heterocycles. The molecule has 4 aliphatic rings. The Morgan fingerprint density at radius 3 is 2.30 bits per heavy atom. The van der Waals surface area contributed by atoms with Crippen molar-refractivity contribution >= 4 is 0 Å². The second-order valence-electron chi connectivity index (χ2n) is 4.99. The molecule has 0 aromatic rings. The zero-order valence-electron chi connectivity index (χ0n) is 7.15. The molecule has 4 rings (SSSR count). The Hall–Kier alpha value is 0. The lowest BCUT2D eigenvalue weighted by atomic mass is 9.52. The summed E-state index contributed by atoms with van der Waals surface area (Å²) in [5.41, 5.74) is 1.85. The molecule has 4 saturated carbocycles. The van der Waals surface area contributed by atoms with Crippen LogP contribution < -0.4 is 0 Å². The van der Waals surface area contributed by atoms with E-state index in [9.17, 15) is 0 Å². The lowest BCUT2D eigenvalue weighted by Gasteiger charge is -2.52. The van der Waals surface area contributed by atoms with Crippen molar-refractivity contribution in [2.24, 2.45) is 28.6 Å². The normalized spacial score (nSPS) is 67.2.